The average molecular weight is 518 g/mol. The second kappa shape index (κ2) is 11.8. The normalized spacial score (nSPS) is 11.8. The predicted octanol–water partition coefficient (Wildman–Crippen LogP) is 5.54. The zero-order valence-electron chi connectivity index (χ0n) is 16.3. The molecular formula is C21H23BrCl2N2O2S. The third-order valence-corrected chi connectivity index (χ3v) is 6.44. The minimum absolute atomic E-state index is 0.114. The van der Waals surface area contributed by atoms with E-state index in [0.717, 1.165) is 15.6 Å². The van der Waals surface area contributed by atoms with Gasteiger partial charge >= 0.3 is 0 Å². The van der Waals surface area contributed by atoms with Crippen LogP contribution in [-0.4, -0.2) is 35.1 Å². The number of carbonyl (C=O) groups excluding carboxylic acids is 2. The van der Waals surface area contributed by atoms with E-state index in [2.05, 4.69) is 21.2 Å². The van der Waals surface area contributed by atoms with Crippen molar-refractivity contribution >= 4 is 62.7 Å². The van der Waals surface area contributed by atoms with E-state index in [0.29, 0.717) is 28.9 Å². The van der Waals surface area contributed by atoms with Gasteiger partial charge in [-0.2, -0.15) is 0 Å². The molecule has 0 bridgehead atoms. The van der Waals surface area contributed by atoms with Gasteiger partial charge in [0, 0.05) is 33.4 Å². The lowest BCUT2D eigenvalue weighted by Crippen LogP contribution is -2.48. The van der Waals surface area contributed by atoms with Crippen LogP contribution in [0.25, 0.3) is 0 Å². The lowest BCUT2D eigenvalue weighted by atomic mass is 10.1. The number of rotatable bonds is 9. The Labute approximate surface area is 194 Å². The molecule has 2 aromatic carbocycles. The molecule has 0 heterocycles. The van der Waals surface area contributed by atoms with Gasteiger partial charge in [-0.05, 0) is 49.2 Å². The standard InChI is InChI=1S/C21H23BrCl2N2O2S/c1-3-25-21(28)14(2)26(11-15-6-4-7-16(22)10-15)20(27)13-29-12-17-18(23)8-5-9-19(17)24/h4-10,14H,3,11-13H2,1-2H3,(H,25,28)/t14-/m0/s1. The number of hydrogen-bond acceptors (Lipinski definition) is 3. The van der Waals surface area contributed by atoms with Gasteiger partial charge in [0.05, 0.1) is 5.75 Å². The van der Waals surface area contributed by atoms with Crippen molar-refractivity contribution in [3.05, 3.63) is 68.1 Å². The number of likely N-dealkylation sites (N-methyl/N-ethyl adjacent to an activating group) is 1. The van der Waals surface area contributed by atoms with Crippen LogP contribution in [0.2, 0.25) is 10.0 Å². The van der Waals surface area contributed by atoms with Crippen molar-refractivity contribution in [2.45, 2.75) is 32.2 Å². The molecule has 2 rings (SSSR count). The number of nitrogens with zero attached hydrogens (tertiary/aromatic N) is 1. The molecule has 0 radical (unpaired) electrons. The van der Waals surface area contributed by atoms with Crippen molar-refractivity contribution in [2.24, 2.45) is 0 Å². The number of benzene rings is 2. The lowest BCUT2D eigenvalue weighted by Gasteiger charge is -2.28. The van der Waals surface area contributed by atoms with Crippen LogP contribution in [0.15, 0.2) is 46.9 Å². The van der Waals surface area contributed by atoms with E-state index < -0.39 is 6.04 Å². The number of nitrogens with one attached hydrogen (secondary N) is 1. The van der Waals surface area contributed by atoms with Gasteiger partial charge in [0.15, 0.2) is 0 Å². The number of amides is 2. The van der Waals surface area contributed by atoms with E-state index in [1.165, 1.54) is 11.8 Å². The predicted molar refractivity (Wildman–Crippen MR) is 125 cm³/mol. The van der Waals surface area contributed by atoms with E-state index in [4.69, 9.17) is 23.2 Å². The summed E-state index contributed by atoms with van der Waals surface area (Å²) in [6.45, 7) is 4.47. The van der Waals surface area contributed by atoms with Crippen LogP contribution in [0.1, 0.15) is 25.0 Å². The highest BCUT2D eigenvalue weighted by Crippen LogP contribution is 2.28. The highest BCUT2D eigenvalue weighted by molar-refractivity contribution is 9.10. The van der Waals surface area contributed by atoms with Gasteiger partial charge in [-0.3, -0.25) is 9.59 Å². The summed E-state index contributed by atoms with van der Waals surface area (Å²) in [5, 5.41) is 3.96. The molecule has 2 aromatic rings. The fourth-order valence-corrected chi connectivity index (χ4v) is 4.82. The molecular weight excluding hydrogens is 495 g/mol. The lowest BCUT2D eigenvalue weighted by molar-refractivity contribution is -0.138. The molecule has 1 atom stereocenters. The second-order valence-corrected chi connectivity index (χ2v) is 9.13. The van der Waals surface area contributed by atoms with Gasteiger partial charge in [0.2, 0.25) is 11.8 Å². The molecule has 0 unspecified atom stereocenters. The summed E-state index contributed by atoms with van der Waals surface area (Å²) in [6, 6.07) is 12.5. The first-order chi connectivity index (χ1) is 13.8. The Hall–Kier alpha value is -1.21. The molecule has 0 aliphatic rings. The Morgan fingerprint density at radius 1 is 1.17 bits per heavy atom. The Kier molecular flexibility index (Phi) is 9.83. The van der Waals surface area contributed by atoms with Gasteiger partial charge < -0.3 is 10.2 Å². The first-order valence-electron chi connectivity index (χ1n) is 9.15. The highest BCUT2D eigenvalue weighted by Gasteiger charge is 2.25. The fraction of sp³-hybridized carbons (Fsp3) is 0.333. The van der Waals surface area contributed by atoms with Crippen LogP contribution in [0.3, 0.4) is 0 Å². The maximum Gasteiger partial charge on any atom is 0.242 e. The number of halogens is 3. The zero-order chi connectivity index (χ0) is 21.4. The maximum atomic E-state index is 13.0. The minimum Gasteiger partial charge on any atom is -0.355 e. The Morgan fingerprint density at radius 3 is 2.45 bits per heavy atom. The molecule has 0 saturated heterocycles. The highest BCUT2D eigenvalue weighted by atomic mass is 79.9. The molecule has 0 aliphatic heterocycles. The molecule has 4 nitrogen and oxygen atoms in total. The third-order valence-electron chi connectivity index (χ3n) is 4.29. The monoisotopic (exact) mass is 516 g/mol. The van der Waals surface area contributed by atoms with Crippen LogP contribution in [0, 0.1) is 0 Å². The molecule has 0 spiro atoms. The van der Waals surface area contributed by atoms with E-state index in [1.807, 2.05) is 31.2 Å². The average Bonchev–Trinajstić information content (AvgIpc) is 2.68. The molecule has 2 amide bonds. The summed E-state index contributed by atoms with van der Waals surface area (Å²) in [7, 11) is 0. The van der Waals surface area contributed by atoms with Gasteiger partial charge in [-0.25, -0.2) is 0 Å². The Balaban J connectivity index is 2.10. The molecule has 156 valence electrons. The first kappa shape index (κ1) is 24.1. The van der Waals surface area contributed by atoms with Crippen LogP contribution in [0.5, 0.6) is 0 Å². The van der Waals surface area contributed by atoms with Crippen molar-refractivity contribution < 1.29 is 9.59 Å². The summed E-state index contributed by atoms with van der Waals surface area (Å²) in [4.78, 5) is 27.0. The quantitative estimate of drug-likeness (QED) is 0.474. The molecule has 29 heavy (non-hydrogen) atoms. The van der Waals surface area contributed by atoms with Crippen molar-refractivity contribution in [2.75, 3.05) is 12.3 Å². The third kappa shape index (κ3) is 7.21. The molecule has 0 fully saturated rings. The van der Waals surface area contributed by atoms with E-state index >= 15 is 0 Å². The summed E-state index contributed by atoms with van der Waals surface area (Å²) in [5.41, 5.74) is 1.76. The smallest absolute Gasteiger partial charge is 0.242 e. The SMILES string of the molecule is CCNC(=O)[C@H](C)N(Cc1cccc(Br)c1)C(=O)CSCc1c(Cl)cccc1Cl. The van der Waals surface area contributed by atoms with Crippen LogP contribution < -0.4 is 5.32 Å². The van der Waals surface area contributed by atoms with Gasteiger partial charge in [-0.15, -0.1) is 11.8 Å². The van der Waals surface area contributed by atoms with Gasteiger partial charge in [0.1, 0.15) is 6.04 Å². The zero-order valence-corrected chi connectivity index (χ0v) is 20.2. The van der Waals surface area contributed by atoms with Crippen molar-refractivity contribution in [1.29, 1.82) is 0 Å². The van der Waals surface area contributed by atoms with Crippen LogP contribution in [0.4, 0.5) is 0 Å². The molecule has 8 heteroatoms. The largest absolute Gasteiger partial charge is 0.355 e. The Bertz CT molecular complexity index is 846. The van der Waals surface area contributed by atoms with Crippen molar-refractivity contribution in [3.63, 3.8) is 0 Å². The molecule has 0 aromatic heterocycles. The second-order valence-electron chi connectivity index (χ2n) is 6.42. The van der Waals surface area contributed by atoms with Gasteiger partial charge in [0.25, 0.3) is 0 Å². The van der Waals surface area contributed by atoms with Crippen LogP contribution in [-0.2, 0) is 21.9 Å². The Morgan fingerprint density at radius 2 is 1.83 bits per heavy atom. The summed E-state index contributed by atoms with van der Waals surface area (Å²) in [6.07, 6.45) is 0. The number of carbonyl (C=O) groups is 2. The molecule has 0 aliphatic carbocycles. The molecule has 1 N–H and O–H groups in total. The minimum atomic E-state index is -0.578. The van der Waals surface area contributed by atoms with Crippen molar-refractivity contribution in [3.8, 4) is 0 Å². The maximum absolute atomic E-state index is 13.0. The number of hydrogen-bond donors (Lipinski definition) is 1. The molecule has 0 saturated carbocycles. The summed E-state index contributed by atoms with van der Waals surface area (Å²) < 4.78 is 0.927. The topological polar surface area (TPSA) is 49.4 Å². The van der Waals surface area contributed by atoms with E-state index in [9.17, 15) is 9.59 Å². The first-order valence-corrected chi connectivity index (χ1v) is 11.9. The fourth-order valence-electron chi connectivity index (χ4n) is 2.73. The van der Waals surface area contributed by atoms with E-state index in [1.54, 1.807) is 30.0 Å². The van der Waals surface area contributed by atoms with Crippen molar-refractivity contribution in [1.82, 2.24) is 10.2 Å². The van der Waals surface area contributed by atoms with E-state index in [-0.39, 0.29) is 17.6 Å². The van der Waals surface area contributed by atoms with Gasteiger partial charge in [-0.1, -0.05) is 57.3 Å². The van der Waals surface area contributed by atoms with Crippen LogP contribution >= 0.6 is 50.9 Å². The summed E-state index contributed by atoms with van der Waals surface area (Å²) in [5.74, 6) is 0.455. The number of thioether (sulfide) groups is 1. The summed E-state index contributed by atoms with van der Waals surface area (Å²) >= 11 is 17.3.